The molecule has 0 aliphatic rings. The van der Waals surface area contributed by atoms with Crippen molar-refractivity contribution >= 4 is 57.7 Å². The minimum Gasteiger partial charge on any atom is -0.321 e. The molecule has 4 aromatic rings. The Hall–Kier alpha value is -4.35. The number of carbonyl (C=O) groups is 3. The average Bonchev–Trinajstić information content (AvgIpc) is 3.33. The van der Waals surface area contributed by atoms with E-state index in [-0.39, 0.29) is 22.9 Å². The van der Waals surface area contributed by atoms with Crippen LogP contribution in [0.2, 0.25) is 0 Å². The van der Waals surface area contributed by atoms with Gasteiger partial charge in [0.25, 0.3) is 11.8 Å². The quantitative estimate of drug-likeness (QED) is 0.198. The van der Waals surface area contributed by atoms with Gasteiger partial charge in [-0.3, -0.25) is 19.7 Å². The summed E-state index contributed by atoms with van der Waals surface area (Å²) in [4.78, 5) is 38.7. The van der Waals surface area contributed by atoms with Gasteiger partial charge in [-0.25, -0.2) is 4.39 Å². The number of rotatable bonds is 9. The second-order valence-electron chi connectivity index (χ2n) is 7.84. The van der Waals surface area contributed by atoms with Crippen LogP contribution in [0.4, 0.5) is 15.2 Å². The number of hydrogen-bond acceptors (Lipinski definition) is 7. The zero-order valence-electron chi connectivity index (χ0n) is 20.1. The van der Waals surface area contributed by atoms with Crippen molar-refractivity contribution in [2.45, 2.75) is 11.8 Å². The van der Waals surface area contributed by atoms with Gasteiger partial charge in [0, 0.05) is 21.7 Å². The molecule has 3 amide bonds. The zero-order chi connectivity index (χ0) is 26.9. The van der Waals surface area contributed by atoms with Crippen LogP contribution in [0.5, 0.6) is 0 Å². The van der Waals surface area contributed by atoms with Crippen molar-refractivity contribution in [1.82, 2.24) is 15.5 Å². The van der Waals surface area contributed by atoms with Crippen LogP contribution in [0.3, 0.4) is 0 Å². The van der Waals surface area contributed by atoms with Gasteiger partial charge in [-0.05, 0) is 55.5 Å². The first-order valence-corrected chi connectivity index (χ1v) is 13.1. The van der Waals surface area contributed by atoms with E-state index in [9.17, 15) is 18.8 Å². The van der Waals surface area contributed by atoms with E-state index in [4.69, 9.17) is 0 Å². The first-order chi connectivity index (χ1) is 18.4. The molecule has 192 valence electrons. The Morgan fingerprint density at radius 2 is 1.63 bits per heavy atom. The Morgan fingerprint density at radius 3 is 2.32 bits per heavy atom. The molecule has 0 atom stereocenters. The molecular formula is C27H22FN5O3S2. The predicted molar refractivity (Wildman–Crippen MR) is 147 cm³/mol. The fraction of sp³-hybridized carbons (Fsp3) is 0.0741. The third kappa shape index (κ3) is 7.58. The van der Waals surface area contributed by atoms with E-state index in [1.165, 1.54) is 47.4 Å². The maximum absolute atomic E-state index is 14.3. The molecule has 3 N–H and O–H groups in total. The number of amides is 3. The summed E-state index contributed by atoms with van der Waals surface area (Å²) in [6, 6.07) is 21.2. The molecular weight excluding hydrogens is 525 g/mol. The maximum atomic E-state index is 14.3. The van der Waals surface area contributed by atoms with Crippen LogP contribution in [0.1, 0.15) is 20.9 Å². The zero-order valence-corrected chi connectivity index (χ0v) is 21.7. The van der Waals surface area contributed by atoms with Crippen molar-refractivity contribution in [3.05, 3.63) is 107 Å². The molecule has 1 aromatic heterocycles. The molecule has 0 unspecified atom stereocenters. The summed E-state index contributed by atoms with van der Waals surface area (Å²) in [7, 11) is 0. The number of aromatic nitrogens is 2. The van der Waals surface area contributed by atoms with Crippen molar-refractivity contribution < 1.29 is 18.8 Å². The molecule has 8 nitrogen and oxygen atoms in total. The van der Waals surface area contributed by atoms with E-state index >= 15 is 0 Å². The number of thioether (sulfide) groups is 1. The number of carbonyl (C=O) groups excluding carboxylic acids is 3. The SMILES string of the molecule is Cc1nnc(NC(=O)CSc2ccc(NC(=O)C(=Cc3ccccc3F)NC(=O)c3ccccc3)cc2)s1. The number of nitrogens with zero attached hydrogens (tertiary/aromatic N) is 2. The van der Waals surface area contributed by atoms with Crippen molar-refractivity contribution in [3.8, 4) is 0 Å². The Balaban J connectivity index is 1.41. The Kier molecular flexibility index (Phi) is 8.96. The van der Waals surface area contributed by atoms with Crippen LogP contribution in [-0.2, 0) is 9.59 Å². The van der Waals surface area contributed by atoms with Gasteiger partial charge in [0.1, 0.15) is 16.5 Å². The lowest BCUT2D eigenvalue weighted by Crippen LogP contribution is -2.30. The number of nitrogens with one attached hydrogen (secondary N) is 3. The minimum atomic E-state index is -0.621. The molecule has 0 aliphatic carbocycles. The minimum absolute atomic E-state index is 0.119. The van der Waals surface area contributed by atoms with E-state index in [1.54, 1.807) is 67.6 Å². The van der Waals surface area contributed by atoms with Crippen molar-refractivity contribution in [1.29, 1.82) is 0 Å². The lowest BCUT2D eigenvalue weighted by Gasteiger charge is -2.12. The highest BCUT2D eigenvalue weighted by Crippen LogP contribution is 2.22. The first kappa shape index (κ1) is 26.7. The molecule has 0 saturated carbocycles. The summed E-state index contributed by atoms with van der Waals surface area (Å²) in [6.45, 7) is 1.80. The second-order valence-corrected chi connectivity index (χ2v) is 10.1. The third-order valence-corrected chi connectivity index (χ3v) is 6.75. The first-order valence-electron chi connectivity index (χ1n) is 11.3. The summed E-state index contributed by atoms with van der Waals surface area (Å²) in [5.74, 6) is -1.69. The maximum Gasteiger partial charge on any atom is 0.272 e. The standard InChI is InChI=1S/C27H22FN5O3S2/c1-17-32-33-27(38-17)31-24(34)16-37-21-13-11-20(12-14-21)29-26(36)23(15-19-9-5-6-10-22(19)28)30-25(35)18-7-3-2-4-8-18/h2-15H,16H2,1H3,(H,29,36)(H,30,35)(H,31,33,34). The van der Waals surface area contributed by atoms with Crippen LogP contribution >= 0.6 is 23.1 Å². The van der Waals surface area contributed by atoms with E-state index < -0.39 is 17.6 Å². The number of aryl methyl sites for hydroxylation is 1. The number of benzene rings is 3. The smallest absolute Gasteiger partial charge is 0.272 e. The lowest BCUT2D eigenvalue weighted by molar-refractivity contribution is -0.114. The second kappa shape index (κ2) is 12.7. The summed E-state index contributed by atoms with van der Waals surface area (Å²) >= 11 is 2.62. The number of halogens is 1. The highest BCUT2D eigenvalue weighted by molar-refractivity contribution is 8.00. The van der Waals surface area contributed by atoms with Crippen LogP contribution < -0.4 is 16.0 Å². The lowest BCUT2D eigenvalue weighted by atomic mass is 10.1. The molecule has 0 radical (unpaired) electrons. The van der Waals surface area contributed by atoms with Crippen LogP contribution in [0.25, 0.3) is 6.08 Å². The topological polar surface area (TPSA) is 113 Å². The Labute approximate surface area is 226 Å². The third-order valence-electron chi connectivity index (χ3n) is 4.99. The van der Waals surface area contributed by atoms with E-state index in [2.05, 4.69) is 26.1 Å². The van der Waals surface area contributed by atoms with Gasteiger partial charge in [-0.2, -0.15) is 0 Å². The molecule has 0 fully saturated rings. The molecule has 38 heavy (non-hydrogen) atoms. The van der Waals surface area contributed by atoms with Crippen LogP contribution in [0.15, 0.2) is 89.5 Å². The molecule has 11 heteroatoms. The van der Waals surface area contributed by atoms with E-state index in [0.29, 0.717) is 16.4 Å². The van der Waals surface area contributed by atoms with Gasteiger partial charge in [-0.15, -0.1) is 22.0 Å². The molecule has 1 heterocycles. The summed E-state index contributed by atoms with van der Waals surface area (Å²) < 4.78 is 14.3. The van der Waals surface area contributed by atoms with Crippen molar-refractivity contribution in [3.63, 3.8) is 0 Å². The van der Waals surface area contributed by atoms with E-state index in [0.717, 1.165) is 9.90 Å². The van der Waals surface area contributed by atoms with Gasteiger partial charge in [0.05, 0.1) is 5.75 Å². The Bertz CT molecular complexity index is 1470. The fourth-order valence-corrected chi connectivity index (χ4v) is 4.48. The van der Waals surface area contributed by atoms with Gasteiger partial charge in [-0.1, -0.05) is 47.7 Å². The molecule has 4 rings (SSSR count). The van der Waals surface area contributed by atoms with Crippen molar-refractivity contribution in [2.24, 2.45) is 0 Å². The van der Waals surface area contributed by atoms with Crippen molar-refractivity contribution in [2.75, 3.05) is 16.4 Å². The van der Waals surface area contributed by atoms with Gasteiger partial charge in [0.2, 0.25) is 11.0 Å². The normalized spacial score (nSPS) is 11.1. The highest BCUT2D eigenvalue weighted by Gasteiger charge is 2.16. The monoisotopic (exact) mass is 547 g/mol. The highest BCUT2D eigenvalue weighted by atomic mass is 32.2. The fourth-order valence-electron chi connectivity index (χ4n) is 3.17. The molecule has 3 aromatic carbocycles. The molecule has 0 bridgehead atoms. The molecule has 0 spiro atoms. The van der Waals surface area contributed by atoms with Gasteiger partial charge in [0.15, 0.2) is 0 Å². The number of hydrogen-bond donors (Lipinski definition) is 3. The van der Waals surface area contributed by atoms with Crippen LogP contribution in [-0.4, -0.2) is 33.7 Å². The van der Waals surface area contributed by atoms with Crippen LogP contribution in [0, 0.1) is 12.7 Å². The summed E-state index contributed by atoms with van der Waals surface area (Å²) in [5, 5.41) is 16.9. The predicted octanol–water partition coefficient (Wildman–Crippen LogP) is 5.13. The number of anilines is 2. The largest absolute Gasteiger partial charge is 0.321 e. The molecule has 0 saturated heterocycles. The molecule has 0 aliphatic heterocycles. The summed E-state index contributed by atoms with van der Waals surface area (Å²) in [6.07, 6.45) is 1.29. The average molecular weight is 548 g/mol. The Morgan fingerprint density at radius 1 is 0.921 bits per heavy atom. The van der Waals surface area contributed by atoms with Gasteiger partial charge >= 0.3 is 0 Å². The summed E-state index contributed by atoms with van der Waals surface area (Å²) in [5.41, 5.74) is 0.846. The van der Waals surface area contributed by atoms with E-state index in [1.807, 2.05) is 0 Å². The van der Waals surface area contributed by atoms with Gasteiger partial charge < -0.3 is 10.6 Å².